The van der Waals surface area contributed by atoms with E-state index in [1.54, 1.807) is 6.07 Å². The zero-order valence-corrected chi connectivity index (χ0v) is 10.7. The Morgan fingerprint density at radius 1 is 1.59 bits per heavy atom. The van der Waals surface area contributed by atoms with Crippen molar-refractivity contribution in [2.45, 2.75) is 31.9 Å². The number of halogens is 1. The van der Waals surface area contributed by atoms with Crippen molar-refractivity contribution in [2.24, 2.45) is 0 Å². The highest BCUT2D eigenvalue weighted by Crippen LogP contribution is 2.32. The van der Waals surface area contributed by atoms with Gasteiger partial charge in [0.1, 0.15) is 6.07 Å². The van der Waals surface area contributed by atoms with Crippen LogP contribution in [0.5, 0.6) is 0 Å². The van der Waals surface area contributed by atoms with E-state index in [4.69, 9.17) is 21.6 Å². The van der Waals surface area contributed by atoms with Gasteiger partial charge in [-0.2, -0.15) is 5.26 Å². The van der Waals surface area contributed by atoms with Crippen molar-refractivity contribution in [3.63, 3.8) is 0 Å². The number of rotatable bonds is 2. The van der Waals surface area contributed by atoms with Crippen molar-refractivity contribution in [1.29, 1.82) is 5.26 Å². The van der Waals surface area contributed by atoms with Gasteiger partial charge in [-0.05, 0) is 32.4 Å². The van der Waals surface area contributed by atoms with E-state index >= 15 is 0 Å². The molecule has 17 heavy (non-hydrogen) atoms. The SMILES string of the molecule is CC1OCCC1(C)Nc1cccc(Cl)c1C#N. The number of benzene rings is 1. The summed E-state index contributed by atoms with van der Waals surface area (Å²) in [4.78, 5) is 0. The first-order valence-corrected chi connectivity index (χ1v) is 6.03. The summed E-state index contributed by atoms with van der Waals surface area (Å²) in [5, 5.41) is 13.0. The monoisotopic (exact) mass is 250 g/mol. The number of nitrogens with zero attached hydrogens (tertiary/aromatic N) is 1. The van der Waals surface area contributed by atoms with Gasteiger partial charge in [-0.15, -0.1) is 0 Å². The smallest absolute Gasteiger partial charge is 0.103 e. The van der Waals surface area contributed by atoms with E-state index in [-0.39, 0.29) is 11.6 Å². The lowest BCUT2D eigenvalue weighted by Crippen LogP contribution is -2.41. The summed E-state index contributed by atoms with van der Waals surface area (Å²) < 4.78 is 5.57. The molecule has 2 atom stereocenters. The Morgan fingerprint density at radius 3 is 2.94 bits per heavy atom. The number of hydrogen-bond donors (Lipinski definition) is 1. The van der Waals surface area contributed by atoms with E-state index in [2.05, 4.69) is 18.3 Å². The molecule has 4 heteroatoms. The van der Waals surface area contributed by atoms with Crippen LogP contribution >= 0.6 is 11.6 Å². The van der Waals surface area contributed by atoms with Crippen LogP contribution in [0, 0.1) is 11.3 Å². The first kappa shape index (κ1) is 12.2. The average molecular weight is 251 g/mol. The molecule has 0 saturated carbocycles. The van der Waals surface area contributed by atoms with Gasteiger partial charge in [-0.3, -0.25) is 0 Å². The fraction of sp³-hybridized carbons (Fsp3) is 0.462. The van der Waals surface area contributed by atoms with E-state index in [1.807, 2.05) is 19.1 Å². The van der Waals surface area contributed by atoms with Gasteiger partial charge >= 0.3 is 0 Å². The van der Waals surface area contributed by atoms with Crippen molar-refractivity contribution in [3.8, 4) is 6.07 Å². The maximum absolute atomic E-state index is 9.12. The van der Waals surface area contributed by atoms with Crippen LogP contribution in [0.4, 0.5) is 5.69 Å². The molecule has 0 radical (unpaired) electrons. The molecule has 0 spiro atoms. The molecule has 1 aliphatic rings. The van der Waals surface area contributed by atoms with Crippen LogP contribution in [0.25, 0.3) is 0 Å². The van der Waals surface area contributed by atoms with Crippen molar-refractivity contribution in [2.75, 3.05) is 11.9 Å². The Balaban J connectivity index is 2.31. The highest BCUT2D eigenvalue weighted by Gasteiger charge is 2.37. The maximum atomic E-state index is 9.12. The van der Waals surface area contributed by atoms with Crippen LogP contribution in [0.2, 0.25) is 5.02 Å². The molecular formula is C13H15ClN2O. The Morgan fingerprint density at radius 2 is 2.35 bits per heavy atom. The third-order valence-corrected chi connectivity index (χ3v) is 3.75. The van der Waals surface area contributed by atoms with E-state index in [0.29, 0.717) is 10.6 Å². The molecular weight excluding hydrogens is 236 g/mol. The highest BCUT2D eigenvalue weighted by molar-refractivity contribution is 6.32. The van der Waals surface area contributed by atoms with Gasteiger partial charge < -0.3 is 10.1 Å². The fourth-order valence-electron chi connectivity index (χ4n) is 2.05. The minimum absolute atomic E-state index is 0.119. The average Bonchev–Trinajstić information content (AvgIpc) is 2.59. The van der Waals surface area contributed by atoms with Crippen LogP contribution in [0.1, 0.15) is 25.8 Å². The summed E-state index contributed by atoms with van der Waals surface area (Å²) >= 11 is 6.00. The van der Waals surface area contributed by atoms with Gasteiger partial charge in [-0.1, -0.05) is 17.7 Å². The molecule has 1 saturated heterocycles. The van der Waals surface area contributed by atoms with Crippen molar-refractivity contribution >= 4 is 17.3 Å². The van der Waals surface area contributed by atoms with Crippen LogP contribution in [-0.4, -0.2) is 18.2 Å². The minimum Gasteiger partial charge on any atom is -0.376 e. The molecule has 90 valence electrons. The Labute approximate surface area is 106 Å². The van der Waals surface area contributed by atoms with Gasteiger partial charge in [0, 0.05) is 6.61 Å². The zero-order valence-electron chi connectivity index (χ0n) is 9.96. The van der Waals surface area contributed by atoms with Crippen molar-refractivity contribution in [3.05, 3.63) is 28.8 Å². The lowest BCUT2D eigenvalue weighted by Gasteiger charge is -2.30. The van der Waals surface area contributed by atoms with E-state index in [9.17, 15) is 0 Å². The van der Waals surface area contributed by atoms with Gasteiger partial charge in [0.2, 0.25) is 0 Å². The minimum atomic E-state index is -0.143. The van der Waals surface area contributed by atoms with E-state index in [1.165, 1.54) is 0 Å². The molecule has 1 N–H and O–H groups in total. The second-order valence-corrected chi connectivity index (χ2v) is 4.99. The van der Waals surface area contributed by atoms with E-state index < -0.39 is 0 Å². The second-order valence-electron chi connectivity index (χ2n) is 4.58. The zero-order chi connectivity index (χ0) is 12.5. The van der Waals surface area contributed by atoms with Gasteiger partial charge in [0.15, 0.2) is 0 Å². The molecule has 2 rings (SSSR count). The summed E-state index contributed by atoms with van der Waals surface area (Å²) in [6.07, 6.45) is 1.04. The summed E-state index contributed by atoms with van der Waals surface area (Å²) in [6.45, 7) is 4.89. The molecule has 2 unspecified atom stereocenters. The highest BCUT2D eigenvalue weighted by atomic mass is 35.5. The number of nitriles is 1. The predicted octanol–water partition coefficient (Wildman–Crippen LogP) is 3.19. The number of hydrogen-bond acceptors (Lipinski definition) is 3. The van der Waals surface area contributed by atoms with Crippen molar-refractivity contribution < 1.29 is 4.74 Å². The number of nitrogens with one attached hydrogen (secondary N) is 1. The van der Waals surface area contributed by atoms with Crippen LogP contribution < -0.4 is 5.32 Å². The Bertz CT molecular complexity index is 469. The van der Waals surface area contributed by atoms with Crippen LogP contribution in [0.15, 0.2) is 18.2 Å². The van der Waals surface area contributed by atoms with Crippen molar-refractivity contribution in [1.82, 2.24) is 0 Å². The fourth-order valence-corrected chi connectivity index (χ4v) is 2.27. The van der Waals surface area contributed by atoms with Gasteiger partial charge in [0.05, 0.1) is 27.9 Å². The van der Waals surface area contributed by atoms with E-state index in [0.717, 1.165) is 18.7 Å². The van der Waals surface area contributed by atoms with Gasteiger partial charge in [-0.25, -0.2) is 0 Å². The molecule has 1 fully saturated rings. The van der Waals surface area contributed by atoms with Gasteiger partial charge in [0.25, 0.3) is 0 Å². The first-order valence-electron chi connectivity index (χ1n) is 5.65. The summed E-state index contributed by atoms with van der Waals surface area (Å²) in [6, 6.07) is 7.58. The third kappa shape index (κ3) is 2.24. The summed E-state index contributed by atoms with van der Waals surface area (Å²) in [5.41, 5.74) is 1.13. The standard InChI is InChI=1S/C13H15ClN2O/c1-9-13(2,6-7-17-9)16-12-5-3-4-11(14)10(12)8-15/h3-5,9,16H,6-7H2,1-2H3. The molecule has 0 bridgehead atoms. The molecule has 1 heterocycles. The second kappa shape index (κ2) is 4.56. The lowest BCUT2D eigenvalue weighted by atomic mass is 9.94. The first-order chi connectivity index (χ1) is 8.07. The normalized spacial score (nSPS) is 27.8. The molecule has 1 aliphatic heterocycles. The lowest BCUT2D eigenvalue weighted by molar-refractivity contribution is 0.105. The summed E-state index contributed by atoms with van der Waals surface area (Å²) in [5.74, 6) is 0. The number of ether oxygens (including phenoxy) is 1. The topological polar surface area (TPSA) is 45.0 Å². The van der Waals surface area contributed by atoms with Crippen LogP contribution in [0.3, 0.4) is 0 Å². The Kier molecular flexibility index (Phi) is 3.28. The maximum Gasteiger partial charge on any atom is 0.103 e. The molecule has 0 amide bonds. The number of anilines is 1. The largest absolute Gasteiger partial charge is 0.376 e. The molecule has 1 aromatic carbocycles. The van der Waals surface area contributed by atoms with Crippen LogP contribution in [-0.2, 0) is 4.74 Å². The quantitative estimate of drug-likeness (QED) is 0.877. The molecule has 3 nitrogen and oxygen atoms in total. The molecule has 1 aromatic rings. The third-order valence-electron chi connectivity index (χ3n) is 3.43. The Hall–Kier alpha value is -1.24. The summed E-state index contributed by atoms with van der Waals surface area (Å²) in [7, 11) is 0. The molecule has 0 aliphatic carbocycles. The predicted molar refractivity (Wildman–Crippen MR) is 68.2 cm³/mol. The molecule has 0 aromatic heterocycles.